The Morgan fingerprint density at radius 2 is 2.02 bits per heavy atom. The zero-order chi connectivity index (χ0) is 38.4. The number of aliphatic imine (C=N–C) groups is 1. The highest BCUT2D eigenvalue weighted by Crippen LogP contribution is 2.56. The third kappa shape index (κ3) is 8.52. The Morgan fingerprint density at radius 3 is 2.67 bits per heavy atom. The number of hydrogen-bond donors (Lipinski definition) is 3. The minimum Gasteiger partial charge on any atom is -0.400 e. The molecule has 4 heterocycles. The van der Waals surface area contributed by atoms with Gasteiger partial charge in [-0.3, -0.25) is 19.5 Å². The van der Waals surface area contributed by atoms with E-state index in [-0.39, 0.29) is 23.7 Å². The average Bonchev–Trinajstić information content (AvgIpc) is 3.83. The number of nitrogens with one attached hydrogen (secondary N) is 2. The van der Waals surface area contributed by atoms with Gasteiger partial charge in [0, 0.05) is 49.7 Å². The number of rotatable bonds is 9. The first-order valence-electron chi connectivity index (χ1n) is 18.2. The highest BCUT2D eigenvalue weighted by Gasteiger charge is 2.56. The first-order chi connectivity index (χ1) is 26.1. The minimum atomic E-state index is -0.452. The van der Waals surface area contributed by atoms with Crippen molar-refractivity contribution in [3.05, 3.63) is 116 Å². The summed E-state index contributed by atoms with van der Waals surface area (Å²) in [5.74, 6) is 0.290. The molecule has 13 heteroatoms. The molecule has 280 valence electrons. The Labute approximate surface area is 321 Å². The highest BCUT2D eigenvalue weighted by atomic mass is 35.5. The summed E-state index contributed by atoms with van der Waals surface area (Å²) in [5.41, 5.74) is 5.28. The second-order valence-corrected chi connectivity index (χ2v) is 14.3. The normalized spacial score (nSPS) is 19.4. The first-order valence-corrected chi connectivity index (χ1v) is 18.6. The Kier molecular flexibility index (Phi) is 12.5. The number of ether oxygens (including phenoxy) is 1. The van der Waals surface area contributed by atoms with Crippen LogP contribution in [0.1, 0.15) is 65.0 Å². The van der Waals surface area contributed by atoms with Crippen molar-refractivity contribution in [3.63, 3.8) is 0 Å². The maximum Gasteiger partial charge on any atom is 0.251 e. The van der Waals surface area contributed by atoms with Crippen molar-refractivity contribution in [3.8, 4) is 0 Å². The van der Waals surface area contributed by atoms with Crippen LogP contribution in [0.4, 0.5) is 10.1 Å². The molecule has 1 aromatic heterocycles. The molecule has 2 aromatic carbocycles. The van der Waals surface area contributed by atoms with Gasteiger partial charge in [-0.25, -0.2) is 9.37 Å². The van der Waals surface area contributed by atoms with Crippen LogP contribution in [0.15, 0.2) is 70.9 Å². The van der Waals surface area contributed by atoms with Gasteiger partial charge in [-0.1, -0.05) is 42.0 Å². The van der Waals surface area contributed by atoms with Gasteiger partial charge in [0.1, 0.15) is 11.6 Å². The second-order valence-electron chi connectivity index (χ2n) is 13.9. The highest BCUT2D eigenvalue weighted by molar-refractivity contribution is 6.30. The topological polar surface area (TPSA) is 121 Å². The van der Waals surface area contributed by atoms with Gasteiger partial charge in [-0.15, -0.1) is 0 Å². The predicted octanol–water partition coefficient (Wildman–Crippen LogP) is 4.19. The molecule has 0 bridgehead atoms. The number of amides is 2. The Balaban J connectivity index is 0.000000767. The van der Waals surface area contributed by atoms with E-state index in [1.54, 1.807) is 16.6 Å². The number of allylic oxidation sites excluding steroid dienone is 4. The summed E-state index contributed by atoms with van der Waals surface area (Å²) in [4.78, 5) is 37.2. The SMILES string of the molecule is C1COC1.CO.[B]n1c(CN2CC=C(/C(=C/C=C\Cc3ccc(Cl)cc3F)N=C)CC2)nc2c1=CCC(NC(=O)c1cc(C)c3c(c1)C1(CC1)C(=O)N3)C=2. The van der Waals surface area contributed by atoms with Crippen molar-refractivity contribution >= 4 is 56.0 Å². The number of aryl methyl sites for hydroxylation is 1. The Morgan fingerprint density at radius 1 is 1.26 bits per heavy atom. The molecule has 3 N–H and O–H groups in total. The smallest absolute Gasteiger partial charge is 0.251 e. The molecule has 2 fully saturated rings. The summed E-state index contributed by atoms with van der Waals surface area (Å²) >= 11 is 5.84. The van der Waals surface area contributed by atoms with Crippen LogP contribution in [0, 0.1) is 12.7 Å². The van der Waals surface area contributed by atoms with Crippen LogP contribution in [-0.4, -0.2) is 85.4 Å². The van der Waals surface area contributed by atoms with Gasteiger partial charge < -0.3 is 25.0 Å². The van der Waals surface area contributed by atoms with Gasteiger partial charge in [0.2, 0.25) is 13.9 Å². The molecule has 3 aliphatic heterocycles. The lowest BCUT2D eigenvalue weighted by atomic mass is 9.93. The lowest BCUT2D eigenvalue weighted by Gasteiger charge is -2.26. The van der Waals surface area contributed by atoms with Crippen LogP contribution in [0.5, 0.6) is 0 Å². The fraction of sp³-hybridized carbons (Fsp3) is 0.366. The third-order valence-electron chi connectivity index (χ3n) is 10.3. The Bertz CT molecular complexity index is 2150. The number of carbonyl (C=O) groups excluding carboxylic acids is 2. The summed E-state index contributed by atoms with van der Waals surface area (Å²) in [5, 5.41) is 15.1. The van der Waals surface area contributed by atoms with Crippen LogP contribution >= 0.6 is 11.6 Å². The number of benzene rings is 2. The molecule has 2 radical (unpaired) electrons. The number of imidazole rings is 1. The molecular formula is C41H45BClFN6O4. The summed E-state index contributed by atoms with van der Waals surface area (Å²) in [6.45, 7) is 9.74. The number of nitrogens with zero attached hydrogens (tertiary/aromatic N) is 4. The molecule has 1 saturated heterocycles. The molecule has 1 atom stereocenters. The molecule has 10 nitrogen and oxygen atoms in total. The summed E-state index contributed by atoms with van der Waals surface area (Å²) < 4.78 is 20.4. The zero-order valence-electron chi connectivity index (χ0n) is 30.7. The molecule has 5 aliphatic rings. The number of halogens is 2. The number of anilines is 1. The second kappa shape index (κ2) is 17.2. The molecular weight excluding hydrogens is 706 g/mol. The molecule has 2 amide bonds. The van der Waals surface area contributed by atoms with E-state index in [1.165, 1.54) is 12.5 Å². The van der Waals surface area contributed by atoms with Crippen LogP contribution in [0.25, 0.3) is 12.2 Å². The van der Waals surface area contributed by atoms with Crippen LogP contribution in [0.3, 0.4) is 0 Å². The largest absolute Gasteiger partial charge is 0.400 e. The zero-order valence-corrected chi connectivity index (χ0v) is 31.5. The van der Waals surface area contributed by atoms with E-state index in [9.17, 15) is 14.0 Å². The maximum atomic E-state index is 14.1. The maximum absolute atomic E-state index is 14.1. The quantitative estimate of drug-likeness (QED) is 0.172. The molecule has 1 unspecified atom stereocenters. The third-order valence-corrected chi connectivity index (χ3v) is 10.5. The van der Waals surface area contributed by atoms with Crippen molar-refractivity contribution in [2.75, 3.05) is 38.7 Å². The Hall–Kier alpha value is -4.62. The van der Waals surface area contributed by atoms with Crippen molar-refractivity contribution in [1.29, 1.82) is 0 Å². The monoisotopic (exact) mass is 750 g/mol. The molecule has 54 heavy (non-hydrogen) atoms. The predicted molar refractivity (Wildman–Crippen MR) is 212 cm³/mol. The van der Waals surface area contributed by atoms with Crippen LogP contribution in [-0.2, 0) is 27.9 Å². The van der Waals surface area contributed by atoms with E-state index in [1.807, 2.05) is 49.4 Å². The van der Waals surface area contributed by atoms with Gasteiger partial charge in [-0.2, -0.15) is 0 Å². The standard InChI is InChI=1S/C37H35BClFN6O2.C3H6O.CH4O/c1-22-17-25(18-28-34(22)44-36(48)37(28)13-14-37)35(47)42-27-9-10-32-31(20-27)43-33(46(32)38)21-45-15-11-24(12-16-45)30(41-2)6-4-3-5-23-7-8-26(39)19-29(23)40;1-2-4-3-1;1-2/h3-4,6-8,10-11,17-20,27H,2,5,9,12-16,21H2,1H3,(H,42,47)(H,44,48);1-3H2;2H,1H3/b4-3-,30-6-;;. The number of fused-ring (bicyclic) bond motifs is 3. The van der Waals surface area contributed by atoms with Gasteiger partial charge in [0.05, 0.1) is 34.4 Å². The van der Waals surface area contributed by atoms with Crippen LogP contribution in [0.2, 0.25) is 5.02 Å². The minimum absolute atomic E-state index is 0.0413. The number of carbonyl (C=O) groups is 2. The molecule has 1 spiro atoms. The average molecular weight is 751 g/mol. The van der Waals surface area contributed by atoms with E-state index in [2.05, 4.69) is 33.3 Å². The number of hydrogen-bond acceptors (Lipinski definition) is 7. The van der Waals surface area contributed by atoms with Gasteiger partial charge >= 0.3 is 0 Å². The summed E-state index contributed by atoms with van der Waals surface area (Å²) in [6, 6.07) is 8.17. The van der Waals surface area contributed by atoms with E-state index >= 15 is 0 Å². The lowest BCUT2D eigenvalue weighted by molar-refractivity contribution is -0.117. The number of aromatic nitrogens is 2. The van der Waals surface area contributed by atoms with Gasteiger partial charge in [0.25, 0.3) is 5.91 Å². The van der Waals surface area contributed by atoms with Crippen molar-refractivity contribution in [2.45, 2.75) is 63.5 Å². The van der Waals surface area contributed by atoms with Crippen molar-refractivity contribution < 1.29 is 23.8 Å². The van der Waals surface area contributed by atoms with E-state index < -0.39 is 5.41 Å². The first kappa shape index (κ1) is 39.1. The number of aliphatic hydroxyl groups is 1. The van der Waals surface area contributed by atoms with Gasteiger partial charge in [-0.05, 0) is 111 Å². The van der Waals surface area contributed by atoms with E-state index in [4.69, 9.17) is 34.4 Å². The molecule has 1 saturated carbocycles. The van der Waals surface area contributed by atoms with E-state index in [0.29, 0.717) is 42.1 Å². The molecule has 8 rings (SSSR count). The van der Waals surface area contributed by atoms with E-state index in [0.717, 1.165) is 90.7 Å². The summed E-state index contributed by atoms with van der Waals surface area (Å²) in [6.07, 6.45) is 16.5. The fourth-order valence-electron chi connectivity index (χ4n) is 6.97. The van der Waals surface area contributed by atoms with Gasteiger partial charge in [0.15, 0.2) is 0 Å². The van der Waals surface area contributed by atoms with Crippen LogP contribution < -0.4 is 21.3 Å². The lowest BCUT2D eigenvalue weighted by Crippen LogP contribution is -2.41. The number of aliphatic hydroxyl groups excluding tert-OH is 1. The molecule has 2 aliphatic carbocycles. The van der Waals surface area contributed by atoms with Crippen molar-refractivity contribution in [2.24, 2.45) is 4.99 Å². The summed E-state index contributed by atoms with van der Waals surface area (Å²) in [7, 11) is 7.48. The van der Waals surface area contributed by atoms with Crippen molar-refractivity contribution in [1.82, 2.24) is 19.7 Å². The fourth-order valence-corrected chi connectivity index (χ4v) is 7.13. The molecule has 3 aromatic rings.